The molecule has 2 atom stereocenters. The highest BCUT2D eigenvalue weighted by atomic mass is 19.4. The average Bonchev–Trinajstić information content (AvgIpc) is 2.62. The molecule has 27 heavy (non-hydrogen) atoms. The molecule has 2 fully saturated rings. The minimum Gasteiger partial charge on any atom is -0.490 e. The highest BCUT2D eigenvalue weighted by Gasteiger charge is 2.42. The molecule has 0 bridgehead atoms. The van der Waals surface area contributed by atoms with E-state index in [4.69, 9.17) is 4.74 Å². The first-order valence-electron chi connectivity index (χ1n) is 9.74. The summed E-state index contributed by atoms with van der Waals surface area (Å²) >= 11 is 0. The molecular weight excluding hydrogens is 355 g/mol. The molecule has 0 radical (unpaired) electrons. The SMILES string of the molecule is CN=C(NCc1ccccc1OC1CCC1)NC1CCCC(C(F)(F)F)C1. The maximum Gasteiger partial charge on any atom is 0.391 e. The van der Waals surface area contributed by atoms with Crippen molar-refractivity contribution in [2.24, 2.45) is 10.9 Å². The maximum atomic E-state index is 13.0. The second kappa shape index (κ2) is 8.85. The molecule has 3 rings (SSSR count). The van der Waals surface area contributed by atoms with E-state index in [0.29, 0.717) is 25.0 Å². The number of halogens is 3. The van der Waals surface area contributed by atoms with Gasteiger partial charge in [0.25, 0.3) is 0 Å². The molecule has 0 spiro atoms. The van der Waals surface area contributed by atoms with Gasteiger partial charge in [0.2, 0.25) is 0 Å². The minimum absolute atomic E-state index is 0.103. The summed E-state index contributed by atoms with van der Waals surface area (Å²) < 4.78 is 45.0. The number of rotatable bonds is 5. The summed E-state index contributed by atoms with van der Waals surface area (Å²) in [5.74, 6) is 0.166. The van der Waals surface area contributed by atoms with Crippen molar-refractivity contribution in [2.75, 3.05) is 7.05 Å². The summed E-state index contributed by atoms with van der Waals surface area (Å²) in [6, 6.07) is 7.65. The maximum absolute atomic E-state index is 13.0. The number of ether oxygens (including phenoxy) is 1. The molecule has 2 N–H and O–H groups in total. The molecular formula is C20H28F3N3O. The van der Waals surface area contributed by atoms with E-state index in [1.807, 2.05) is 24.3 Å². The van der Waals surface area contributed by atoms with Crippen LogP contribution in [-0.2, 0) is 6.54 Å². The van der Waals surface area contributed by atoms with Crippen LogP contribution in [0.1, 0.15) is 50.5 Å². The Labute approximate surface area is 158 Å². The van der Waals surface area contributed by atoms with E-state index in [0.717, 1.165) is 30.6 Å². The zero-order valence-corrected chi connectivity index (χ0v) is 15.7. The van der Waals surface area contributed by atoms with E-state index in [1.54, 1.807) is 7.05 Å². The Balaban J connectivity index is 1.54. The lowest BCUT2D eigenvalue weighted by atomic mass is 9.85. The largest absolute Gasteiger partial charge is 0.490 e. The number of nitrogens with zero attached hydrogens (tertiary/aromatic N) is 1. The van der Waals surface area contributed by atoms with Gasteiger partial charge in [0.1, 0.15) is 5.75 Å². The standard InChI is InChI=1S/C20H28F3N3O/c1-24-19(26-16-8-4-7-15(12-16)20(21,22)23)25-13-14-6-2-3-11-18(14)27-17-9-5-10-17/h2-3,6,11,15-17H,4-5,7-10,12-13H2,1H3,(H2,24,25,26). The lowest BCUT2D eigenvalue weighted by Crippen LogP contribution is -2.46. The van der Waals surface area contributed by atoms with Gasteiger partial charge in [-0.25, -0.2) is 0 Å². The predicted molar refractivity (Wildman–Crippen MR) is 99.8 cm³/mol. The number of alkyl halides is 3. The van der Waals surface area contributed by atoms with Gasteiger partial charge in [0, 0.05) is 25.2 Å². The Bertz CT molecular complexity index is 644. The molecule has 0 heterocycles. The molecule has 1 aromatic rings. The molecule has 2 aliphatic rings. The van der Waals surface area contributed by atoms with Crippen molar-refractivity contribution in [3.63, 3.8) is 0 Å². The Morgan fingerprint density at radius 3 is 2.56 bits per heavy atom. The van der Waals surface area contributed by atoms with Crippen molar-refractivity contribution in [3.8, 4) is 5.75 Å². The Morgan fingerprint density at radius 1 is 1.15 bits per heavy atom. The third kappa shape index (κ3) is 5.53. The van der Waals surface area contributed by atoms with Gasteiger partial charge in [0.15, 0.2) is 5.96 Å². The van der Waals surface area contributed by atoms with E-state index in [2.05, 4.69) is 15.6 Å². The monoisotopic (exact) mass is 383 g/mol. The number of guanidine groups is 1. The van der Waals surface area contributed by atoms with Crippen LogP contribution in [0.4, 0.5) is 13.2 Å². The summed E-state index contributed by atoms with van der Waals surface area (Å²) in [4.78, 5) is 4.17. The van der Waals surface area contributed by atoms with Crippen LogP contribution >= 0.6 is 0 Å². The second-order valence-corrected chi connectivity index (χ2v) is 7.45. The average molecular weight is 383 g/mol. The second-order valence-electron chi connectivity index (χ2n) is 7.45. The van der Waals surface area contributed by atoms with Crippen molar-refractivity contribution in [1.29, 1.82) is 0 Å². The van der Waals surface area contributed by atoms with Crippen LogP contribution in [0.2, 0.25) is 0 Å². The van der Waals surface area contributed by atoms with Crippen molar-refractivity contribution >= 4 is 5.96 Å². The molecule has 0 saturated heterocycles. The van der Waals surface area contributed by atoms with Gasteiger partial charge in [-0.15, -0.1) is 0 Å². The molecule has 7 heteroatoms. The van der Waals surface area contributed by atoms with Gasteiger partial charge < -0.3 is 15.4 Å². The van der Waals surface area contributed by atoms with Gasteiger partial charge in [-0.3, -0.25) is 4.99 Å². The van der Waals surface area contributed by atoms with Gasteiger partial charge in [-0.05, 0) is 44.6 Å². The topological polar surface area (TPSA) is 45.7 Å². The molecule has 0 amide bonds. The summed E-state index contributed by atoms with van der Waals surface area (Å²) in [5.41, 5.74) is 1.02. The van der Waals surface area contributed by atoms with E-state index in [-0.39, 0.29) is 18.9 Å². The normalized spacial score (nSPS) is 24.2. The quantitative estimate of drug-likeness (QED) is 0.585. The molecule has 1 aromatic carbocycles. The number of hydrogen-bond donors (Lipinski definition) is 2. The van der Waals surface area contributed by atoms with Crippen LogP contribution in [0.25, 0.3) is 0 Å². The fraction of sp³-hybridized carbons (Fsp3) is 0.650. The fourth-order valence-electron chi connectivity index (χ4n) is 3.62. The van der Waals surface area contributed by atoms with Crippen LogP contribution in [0.15, 0.2) is 29.3 Å². The van der Waals surface area contributed by atoms with Crippen molar-refractivity contribution in [2.45, 2.75) is 69.8 Å². The van der Waals surface area contributed by atoms with Crippen LogP contribution in [-0.4, -0.2) is 31.3 Å². The summed E-state index contributed by atoms with van der Waals surface area (Å²) in [6.07, 6.45) is 1.21. The van der Waals surface area contributed by atoms with Gasteiger partial charge in [0.05, 0.1) is 12.0 Å². The third-order valence-corrected chi connectivity index (χ3v) is 5.47. The van der Waals surface area contributed by atoms with Crippen molar-refractivity contribution in [3.05, 3.63) is 29.8 Å². The number of hydrogen-bond acceptors (Lipinski definition) is 2. The van der Waals surface area contributed by atoms with E-state index in [9.17, 15) is 13.2 Å². The van der Waals surface area contributed by atoms with Crippen LogP contribution < -0.4 is 15.4 Å². The molecule has 0 aliphatic heterocycles. The highest BCUT2D eigenvalue weighted by Crippen LogP contribution is 2.37. The number of para-hydroxylation sites is 1. The van der Waals surface area contributed by atoms with E-state index >= 15 is 0 Å². The summed E-state index contributed by atoms with van der Waals surface area (Å²) in [5, 5.41) is 6.37. The molecule has 150 valence electrons. The van der Waals surface area contributed by atoms with Crippen LogP contribution in [0.5, 0.6) is 5.75 Å². The number of benzene rings is 1. The third-order valence-electron chi connectivity index (χ3n) is 5.47. The fourth-order valence-corrected chi connectivity index (χ4v) is 3.62. The van der Waals surface area contributed by atoms with E-state index in [1.165, 1.54) is 6.42 Å². The summed E-state index contributed by atoms with van der Waals surface area (Å²) in [6.45, 7) is 0.512. The first-order chi connectivity index (χ1) is 13.0. The first-order valence-corrected chi connectivity index (χ1v) is 9.74. The smallest absolute Gasteiger partial charge is 0.391 e. The number of aliphatic imine (C=N–C) groups is 1. The zero-order chi connectivity index (χ0) is 19.3. The molecule has 4 nitrogen and oxygen atoms in total. The molecule has 2 saturated carbocycles. The Kier molecular flexibility index (Phi) is 6.50. The first kappa shape index (κ1) is 19.8. The predicted octanol–water partition coefficient (Wildman–Crippen LogP) is 4.40. The molecule has 2 aliphatic carbocycles. The van der Waals surface area contributed by atoms with Crippen molar-refractivity contribution in [1.82, 2.24) is 10.6 Å². The minimum atomic E-state index is -4.12. The highest BCUT2D eigenvalue weighted by molar-refractivity contribution is 5.80. The van der Waals surface area contributed by atoms with Crippen molar-refractivity contribution < 1.29 is 17.9 Å². The van der Waals surface area contributed by atoms with Gasteiger partial charge in [-0.2, -0.15) is 13.2 Å². The van der Waals surface area contributed by atoms with Crippen LogP contribution in [0, 0.1) is 5.92 Å². The number of nitrogens with one attached hydrogen (secondary N) is 2. The Hall–Kier alpha value is -1.92. The molecule has 2 unspecified atom stereocenters. The lowest BCUT2D eigenvalue weighted by Gasteiger charge is -2.32. The summed E-state index contributed by atoms with van der Waals surface area (Å²) in [7, 11) is 1.64. The van der Waals surface area contributed by atoms with Crippen LogP contribution in [0.3, 0.4) is 0 Å². The molecule has 0 aromatic heterocycles. The van der Waals surface area contributed by atoms with E-state index < -0.39 is 12.1 Å². The zero-order valence-electron chi connectivity index (χ0n) is 15.7. The Morgan fingerprint density at radius 2 is 1.89 bits per heavy atom. The lowest BCUT2D eigenvalue weighted by molar-refractivity contribution is -0.183. The van der Waals surface area contributed by atoms with Gasteiger partial charge in [-0.1, -0.05) is 24.6 Å². The van der Waals surface area contributed by atoms with Gasteiger partial charge >= 0.3 is 6.18 Å².